The van der Waals surface area contributed by atoms with Crippen LogP contribution in [-0.2, 0) is 25.7 Å². The number of pyridine rings is 1. The Kier molecular flexibility index (Phi) is 11.9. The average molecular weight is 512 g/mol. The predicted octanol–water partition coefficient (Wildman–Crippen LogP) is 1.75. The van der Waals surface area contributed by atoms with Gasteiger partial charge in [0.1, 0.15) is 18.8 Å². The van der Waals surface area contributed by atoms with Crippen LogP contribution >= 0.6 is 11.6 Å². The highest BCUT2D eigenvalue weighted by molar-refractivity contribution is 6.33. The predicted molar refractivity (Wildman–Crippen MR) is 128 cm³/mol. The fourth-order valence-electron chi connectivity index (χ4n) is 2.56. The SMILES string of the molecule is CC.CCOC(=O)CN(NC(=O)Cn1cccc(NC(=O)c2ccc(N)c(Cl)c2)c1=O)C(=O)CF. The van der Waals surface area contributed by atoms with Gasteiger partial charge in [0.15, 0.2) is 6.67 Å². The molecule has 11 nitrogen and oxygen atoms in total. The van der Waals surface area contributed by atoms with Crippen LogP contribution in [-0.4, -0.2) is 53.1 Å². The molecule has 0 fully saturated rings. The molecule has 0 saturated heterocycles. The molecule has 0 aliphatic rings. The number of nitrogen functional groups attached to an aromatic ring is 1. The summed E-state index contributed by atoms with van der Waals surface area (Å²) in [7, 11) is 0. The largest absolute Gasteiger partial charge is 0.465 e. The standard InChI is InChI=1S/C20H21ClFN5O6.C2H6/c1-2-33-18(30)11-27(17(29)9-22)25-16(28)10-26-7-3-4-15(20(26)32)24-19(31)12-5-6-14(23)13(21)8-12;1-2/h3-8H,2,9-11,23H2,1H3,(H,24,31)(H,25,28);1-2H3. The maximum atomic E-state index is 12.8. The molecule has 0 aliphatic heterocycles. The van der Waals surface area contributed by atoms with Gasteiger partial charge in [0, 0.05) is 11.8 Å². The van der Waals surface area contributed by atoms with Crippen LogP contribution in [0.3, 0.4) is 0 Å². The Balaban J connectivity index is 0.00000298. The monoisotopic (exact) mass is 511 g/mol. The smallest absolute Gasteiger partial charge is 0.327 e. The van der Waals surface area contributed by atoms with Crippen LogP contribution in [0.15, 0.2) is 41.3 Å². The molecule has 2 rings (SSSR count). The number of alkyl halides is 1. The Morgan fingerprint density at radius 3 is 2.49 bits per heavy atom. The molecule has 4 N–H and O–H groups in total. The zero-order valence-electron chi connectivity index (χ0n) is 19.5. The van der Waals surface area contributed by atoms with E-state index < -0.39 is 49.0 Å². The first-order chi connectivity index (χ1) is 16.7. The molecule has 0 bridgehead atoms. The molecule has 2 aromatic rings. The summed E-state index contributed by atoms with van der Waals surface area (Å²) in [6, 6.07) is 6.93. The number of carbonyl (C=O) groups excluding carboxylic acids is 4. The number of benzene rings is 1. The second-order valence-electron chi connectivity index (χ2n) is 6.50. The number of esters is 1. The zero-order valence-corrected chi connectivity index (χ0v) is 20.2. The van der Waals surface area contributed by atoms with E-state index in [2.05, 4.69) is 15.5 Å². The first-order valence-electron chi connectivity index (χ1n) is 10.5. The summed E-state index contributed by atoms with van der Waals surface area (Å²) in [5, 5.41) is 3.04. The number of rotatable bonds is 8. The minimum Gasteiger partial charge on any atom is -0.465 e. The van der Waals surface area contributed by atoms with E-state index in [-0.39, 0.29) is 28.6 Å². The number of hydrogen-bond acceptors (Lipinski definition) is 7. The van der Waals surface area contributed by atoms with Gasteiger partial charge in [0.05, 0.1) is 17.3 Å². The Hall–Kier alpha value is -3.93. The third kappa shape index (κ3) is 8.74. The zero-order chi connectivity index (χ0) is 26.5. The lowest BCUT2D eigenvalue weighted by atomic mass is 10.2. The highest BCUT2D eigenvalue weighted by Crippen LogP contribution is 2.20. The second kappa shape index (κ2) is 14.4. The van der Waals surface area contributed by atoms with E-state index in [1.165, 1.54) is 43.5 Å². The summed E-state index contributed by atoms with van der Waals surface area (Å²) >= 11 is 5.90. The molecule has 0 radical (unpaired) electrons. The van der Waals surface area contributed by atoms with Crippen LogP contribution in [0.4, 0.5) is 15.8 Å². The van der Waals surface area contributed by atoms with Crippen LogP contribution < -0.4 is 22.0 Å². The summed E-state index contributed by atoms with van der Waals surface area (Å²) in [6.45, 7) is 2.81. The van der Waals surface area contributed by atoms with E-state index >= 15 is 0 Å². The van der Waals surface area contributed by atoms with Crippen molar-refractivity contribution in [2.45, 2.75) is 27.3 Å². The summed E-state index contributed by atoms with van der Waals surface area (Å²) in [4.78, 5) is 60.6. The highest BCUT2D eigenvalue weighted by atomic mass is 35.5. The van der Waals surface area contributed by atoms with Gasteiger partial charge in [-0.1, -0.05) is 25.4 Å². The number of hydrazine groups is 1. The molecule has 1 aromatic carbocycles. The number of nitrogens with one attached hydrogen (secondary N) is 2. The summed E-state index contributed by atoms with van der Waals surface area (Å²) in [5.41, 5.74) is 7.25. The third-order valence-electron chi connectivity index (χ3n) is 4.11. The van der Waals surface area contributed by atoms with Crippen molar-refractivity contribution >= 4 is 46.7 Å². The molecule has 0 aliphatic carbocycles. The summed E-state index contributed by atoms with van der Waals surface area (Å²) < 4.78 is 18.4. The Labute approximate surface area is 205 Å². The van der Waals surface area contributed by atoms with Gasteiger partial charge >= 0.3 is 5.97 Å². The first-order valence-corrected chi connectivity index (χ1v) is 10.9. The van der Waals surface area contributed by atoms with Crippen LogP contribution in [0.1, 0.15) is 31.1 Å². The Morgan fingerprint density at radius 2 is 1.89 bits per heavy atom. The minimum absolute atomic E-state index is 0.0287. The topological polar surface area (TPSA) is 153 Å². The molecule has 0 unspecified atom stereocenters. The number of nitrogens with two attached hydrogens (primary N) is 1. The first kappa shape index (κ1) is 29.1. The van der Waals surface area contributed by atoms with Crippen LogP contribution in [0.5, 0.6) is 0 Å². The van der Waals surface area contributed by atoms with Gasteiger partial charge in [-0.15, -0.1) is 0 Å². The number of anilines is 2. The van der Waals surface area contributed by atoms with Gasteiger partial charge in [-0.2, -0.15) is 0 Å². The van der Waals surface area contributed by atoms with Crippen LogP contribution in [0.2, 0.25) is 5.02 Å². The number of hydrogen-bond donors (Lipinski definition) is 3. The van der Waals surface area contributed by atoms with Crippen molar-refractivity contribution in [1.29, 1.82) is 0 Å². The molecule has 0 saturated carbocycles. The van der Waals surface area contributed by atoms with Crippen LogP contribution in [0, 0.1) is 0 Å². The Bertz CT molecular complexity index is 1120. The fraction of sp³-hybridized carbons (Fsp3) is 0.318. The van der Waals surface area contributed by atoms with Crippen molar-refractivity contribution in [2.75, 3.05) is 30.9 Å². The van der Waals surface area contributed by atoms with E-state index in [4.69, 9.17) is 17.3 Å². The lowest BCUT2D eigenvalue weighted by Crippen LogP contribution is -2.51. The lowest BCUT2D eigenvalue weighted by Gasteiger charge is -2.21. The second-order valence-corrected chi connectivity index (χ2v) is 6.91. The number of halogens is 2. The van der Waals surface area contributed by atoms with Crippen LogP contribution in [0.25, 0.3) is 0 Å². The average Bonchev–Trinajstić information content (AvgIpc) is 2.83. The minimum atomic E-state index is -1.46. The van der Waals surface area contributed by atoms with Crippen molar-refractivity contribution in [2.24, 2.45) is 0 Å². The molecule has 3 amide bonds. The molecule has 0 spiro atoms. The van der Waals surface area contributed by atoms with Gasteiger partial charge in [-0.05, 0) is 37.3 Å². The van der Waals surface area contributed by atoms with Gasteiger partial charge in [-0.3, -0.25) is 29.4 Å². The molecule has 13 heteroatoms. The number of nitrogens with zero attached hydrogens (tertiary/aromatic N) is 2. The van der Waals surface area contributed by atoms with Crippen molar-refractivity contribution in [1.82, 2.24) is 15.0 Å². The number of amides is 3. The van der Waals surface area contributed by atoms with Crippen molar-refractivity contribution in [3.8, 4) is 0 Å². The van der Waals surface area contributed by atoms with Gasteiger partial charge in [0.2, 0.25) is 0 Å². The Morgan fingerprint density at radius 1 is 1.20 bits per heavy atom. The number of ether oxygens (including phenoxy) is 1. The van der Waals surface area contributed by atoms with Crippen molar-refractivity contribution in [3.05, 3.63) is 57.5 Å². The number of carbonyl (C=O) groups is 4. The normalized spacial score (nSPS) is 9.86. The van der Waals surface area contributed by atoms with Crippen molar-refractivity contribution in [3.63, 3.8) is 0 Å². The van der Waals surface area contributed by atoms with Gasteiger partial charge in [-0.25, -0.2) is 9.40 Å². The van der Waals surface area contributed by atoms with E-state index in [1.54, 1.807) is 0 Å². The van der Waals surface area contributed by atoms with E-state index in [9.17, 15) is 28.4 Å². The molecule has 1 heterocycles. The molecule has 190 valence electrons. The maximum absolute atomic E-state index is 12.8. The van der Waals surface area contributed by atoms with E-state index in [0.29, 0.717) is 5.01 Å². The third-order valence-corrected chi connectivity index (χ3v) is 4.44. The summed E-state index contributed by atoms with van der Waals surface area (Å²) in [6.07, 6.45) is 1.27. The molecule has 0 atom stereocenters. The highest BCUT2D eigenvalue weighted by Gasteiger charge is 2.21. The van der Waals surface area contributed by atoms with Crippen molar-refractivity contribution < 1.29 is 28.3 Å². The van der Waals surface area contributed by atoms with E-state index in [1.807, 2.05) is 13.8 Å². The molecule has 35 heavy (non-hydrogen) atoms. The lowest BCUT2D eigenvalue weighted by molar-refractivity contribution is -0.153. The fourth-order valence-corrected chi connectivity index (χ4v) is 2.74. The molecular weight excluding hydrogens is 485 g/mol. The van der Waals surface area contributed by atoms with E-state index in [0.717, 1.165) is 4.57 Å². The maximum Gasteiger partial charge on any atom is 0.327 e. The van der Waals surface area contributed by atoms with Gasteiger partial charge < -0.3 is 20.4 Å². The summed E-state index contributed by atoms with van der Waals surface area (Å²) in [5.74, 6) is -3.56. The molecular formula is C22H27ClFN5O6. The quantitative estimate of drug-likeness (QED) is 0.277. The molecule has 1 aromatic heterocycles. The number of aromatic nitrogens is 1. The van der Waals surface area contributed by atoms with Gasteiger partial charge in [0.25, 0.3) is 23.3 Å².